The normalized spacial score (nSPS) is 14.4. The average molecular weight is 294 g/mol. The van der Waals surface area contributed by atoms with E-state index in [4.69, 9.17) is 0 Å². The molecule has 0 radical (unpaired) electrons. The Morgan fingerprint density at radius 3 is 2.36 bits per heavy atom. The van der Waals surface area contributed by atoms with Crippen molar-refractivity contribution >= 4 is 10.9 Å². The lowest BCUT2D eigenvalue weighted by molar-refractivity contribution is 0.101. The molecule has 1 aromatic heterocycles. The molecule has 3 heteroatoms. The SMILES string of the molecule is CN(C)CC(O)[C@H](c1ccccc1)n1ccc2ccccc21. The van der Waals surface area contributed by atoms with Crippen molar-refractivity contribution in [2.45, 2.75) is 12.1 Å². The minimum atomic E-state index is -0.479. The van der Waals surface area contributed by atoms with Crippen LogP contribution in [0.15, 0.2) is 66.9 Å². The van der Waals surface area contributed by atoms with Crippen molar-refractivity contribution in [1.29, 1.82) is 0 Å². The number of aliphatic hydroxyl groups excluding tert-OH is 1. The molecule has 2 atom stereocenters. The van der Waals surface area contributed by atoms with Gasteiger partial charge in [-0.25, -0.2) is 0 Å². The Labute approximate surface area is 131 Å². The molecule has 1 unspecified atom stereocenters. The molecule has 0 saturated heterocycles. The maximum atomic E-state index is 10.8. The lowest BCUT2D eigenvalue weighted by atomic mass is 10.0. The summed E-state index contributed by atoms with van der Waals surface area (Å²) >= 11 is 0. The molecule has 0 aliphatic heterocycles. The Hall–Kier alpha value is -2.10. The van der Waals surface area contributed by atoms with Crippen molar-refractivity contribution in [3.8, 4) is 0 Å². The fourth-order valence-corrected chi connectivity index (χ4v) is 3.04. The highest BCUT2D eigenvalue weighted by Crippen LogP contribution is 2.28. The number of para-hydroxylation sites is 1. The molecule has 2 aromatic carbocycles. The van der Waals surface area contributed by atoms with Crippen LogP contribution in [0.3, 0.4) is 0 Å². The van der Waals surface area contributed by atoms with Crippen LogP contribution in [0.2, 0.25) is 0 Å². The Balaban J connectivity index is 2.09. The highest BCUT2D eigenvalue weighted by atomic mass is 16.3. The van der Waals surface area contributed by atoms with E-state index in [1.807, 2.05) is 49.3 Å². The smallest absolute Gasteiger partial charge is 0.0915 e. The predicted octanol–water partition coefficient (Wildman–Crippen LogP) is 3.15. The van der Waals surface area contributed by atoms with Crippen molar-refractivity contribution in [3.63, 3.8) is 0 Å². The second-order valence-corrected chi connectivity index (χ2v) is 5.97. The second-order valence-electron chi connectivity index (χ2n) is 5.97. The summed E-state index contributed by atoms with van der Waals surface area (Å²) in [5.41, 5.74) is 2.27. The molecule has 114 valence electrons. The Morgan fingerprint density at radius 2 is 1.64 bits per heavy atom. The second kappa shape index (κ2) is 6.34. The van der Waals surface area contributed by atoms with E-state index in [-0.39, 0.29) is 6.04 Å². The maximum absolute atomic E-state index is 10.8. The van der Waals surface area contributed by atoms with Gasteiger partial charge in [-0.2, -0.15) is 0 Å². The van der Waals surface area contributed by atoms with Gasteiger partial charge >= 0.3 is 0 Å². The fraction of sp³-hybridized carbons (Fsp3) is 0.263. The van der Waals surface area contributed by atoms with Crippen molar-refractivity contribution in [1.82, 2.24) is 9.47 Å². The fourth-order valence-electron chi connectivity index (χ4n) is 3.04. The van der Waals surface area contributed by atoms with Crippen LogP contribution in [-0.4, -0.2) is 41.3 Å². The van der Waals surface area contributed by atoms with Crippen molar-refractivity contribution < 1.29 is 5.11 Å². The van der Waals surface area contributed by atoms with Gasteiger partial charge in [0.1, 0.15) is 0 Å². The van der Waals surface area contributed by atoms with Crippen LogP contribution < -0.4 is 0 Å². The number of likely N-dealkylation sites (N-methyl/N-ethyl adjacent to an activating group) is 1. The summed E-state index contributed by atoms with van der Waals surface area (Å²) in [4.78, 5) is 2.02. The third kappa shape index (κ3) is 2.91. The molecule has 0 aliphatic carbocycles. The van der Waals surface area contributed by atoms with Crippen molar-refractivity contribution in [3.05, 3.63) is 72.4 Å². The summed E-state index contributed by atoms with van der Waals surface area (Å²) in [6, 6.07) is 20.5. The number of rotatable bonds is 5. The summed E-state index contributed by atoms with van der Waals surface area (Å²) in [6.45, 7) is 0.617. The van der Waals surface area contributed by atoms with Crippen LogP contribution in [0.4, 0.5) is 0 Å². The number of hydrogen-bond acceptors (Lipinski definition) is 2. The van der Waals surface area contributed by atoms with E-state index in [9.17, 15) is 5.11 Å². The number of hydrogen-bond donors (Lipinski definition) is 1. The monoisotopic (exact) mass is 294 g/mol. The minimum Gasteiger partial charge on any atom is -0.389 e. The van der Waals surface area contributed by atoms with Gasteiger partial charge in [0.2, 0.25) is 0 Å². The number of nitrogens with zero attached hydrogens (tertiary/aromatic N) is 2. The Bertz CT molecular complexity index is 733. The third-order valence-corrected chi connectivity index (χ3v) is 3.99. The first-order chi connectivity index (χ1) is 10.7. The average Bonchev–Trinajstić information content (AvgIpc) is 2.92. The zero-order chi connectivity index (χ0) is 15.5. The van der Waals surface area contributed by atoms with Gasteiger partial charge in [-0.05, 0) is 37.2 Å². The van der Waals surface area contributed by atoms with E-state index >= 15 is 0 Å². The first-order valence-electron chi connectivity index (χ1n) is 7.60. The molecule has 3 nitrogen and oxygen atoms in total. The van der Waals surface area contributed by atoms with Crippen LogP contribution in [0.25, 0.3) is 10.9 Å². The molecular weight excluding hydrogens is 272 g/mol. The number of aliphatic hydroxyl groups is 1. The molecule has 0 aliphatic rings. The van der Waals surface area contributed by atoms with Crippen LogP contribution in [-0.2, 0) is 0 Å². The number of fused-ring (bicyclic) bond motifs is 1. The van der Waals surface area contributed by atoms with Gasteiger partial charge in [0.05, 0.1) is 12.1 Å². The van der Waals surface area contributed by atoms with E-state index in [2.05, 4.69) is 41.1 Å². The predicted molar refractivity (Wildman–Crippen MR) is 91.1 cm³/mol. The lowest BCUT2D eigenvalue weighted by Crippen LogP contribution is -2.34. The van der Waals surface area contributed by atoms with E-state index in [1.54, 1.807) is 0 Å². The molecule has 3 rings (SSSR count). The standard InChI is InChI=1S/C19H22N2O/c1-20(2)14-18(22)19(16-9-4-3-5-10-16)21-13-12-15-8-6-7-11-17(15)21/h3-13,18-19,22H,14H2,1-2H3/t18?,19-/m0/s1. The number of benzene rings is 2. The van der Waals surface area contributed by atoms with Crippen molar-refractivity contribution in [2.75, 3.05) is 20.6 Å². The van der Waals surface area contributed by atoms with Gasteiger partial charge in [0.15, 0.2) is 0 Å². The molecule has 1 heterocycles. The highest BCUT2D eigenvalue weighted by Gasteiger charge is 2.24. The third-order valence-electron chi connectivity index (χ3n) is 3.99. The molecule has 0 amide bonds. The van der Waals surface area contributed by atoms with Crippen molar-refractivity contribution in [2.24, 2.45) is 0 Å². The van der Waals surface area contributed by atoms with Gasteiger partial charge < -0.3 is 14.6 Å². The zero-order valence-corrected chi connectivity index (χ0v) is 13.1. The first kappa shape index (κ1) is 14.8. The minimum absolute atomic E-state index is 0.0940. The quantitative estimate of drug-likeness (QED) is 0.783. The lowest BCUT2D eigenvalue weighted by Gasteiger charge is -2.28. The van der Waals surface area contributed by atoms with E-state index in [1.165, 1.54) is 5.39 Å². The zero-order valence-electron chi connectivity index (χ0n) is 13.1. The molecule has 0 spiro atoms. The molecule has 0 saturated carbocycles. The maximum Gasteiger partial charge on any atom is 0.0915 e. The summed E-state index contributed by atoms with van der Waals surface area (Å²) in [5, 5.41) is 12.0. The van der Waals surface area contributed by atoms with Crippen LogP contribution in [0.1, 0.15) is 11.6 Å². The summed E-state index contributed by atoms with van der Waals surface area (Å²) in [6.07, 6.45) is 1.59. The van der Waals surface area contributed by atoms with Gasteiger partial charge in [-0.3, -0.25) is 0 Å². The van der Waals surface area contributed by atoms with Gasteiger partial charge in [-0.15, -0.1) is 0 Å². The summed E-state index contributed by atoms with van der Waals surface area (Å²) in [5.74, 6) is 0. The first-order valence-corrected chi connectivity index (χ1v) is 7.60. The molecule has 3 aromatic rings. The number of aromatic nitrogens is 1. The highest BCUT2D eigenvalue weighted by molar-refractivity contribution is 5.80. The van der Waals surface area contributed by atoms with E-state index in [0.717, 1.165) is 11.1 Å². The molecule has 0 bridgehead atoms. The molecule has 1 N–H and O–H groups in total. The topological polar surface area (TPSA) is 28.4 Å². The van der Waals surface area contributed by atoms with Gasteiger partial charge in [-0.1, -0.05) is 48.5 Å². The van der Waals surface area contributed by atoms with Crippen LogP contribution in [0, 0.1) is 0 Å². The van der Waals surface area contributed by atoms with E-state index < -0.39 is 6.10 Å². The molecule has 0 fully saturated rings. The van der Waals surface area contributed by atoms with Gasteiger partial charge in [0.25, 0.3) is 0 Å². The summed E-state index contributed by atoms with van der Waals surface area (Å²) < 4.78 is 2.18. The van der Waals surface area contributed by atoms with Gasteiger partial charge in [0, 0.05) is 18.3 Å². The van der Waals surface area contributed by atoms with E-state index in [0.29, 0.717) is 6.54 Å². The Morgan fingerprint density at radius 1 is 0.955 bits per heavy atom. The molecule has 22 heavy (non-hydrogen) atoms. The Kier molecular flexibility index (Phi) is 4.27. The van der Waals surface area contributed by atoms with Crippen LogP contribution >= 0.6 is 0 Å². The van der Waals surface area contributed by atoms with Crippen LogP contribution in [0.5, 0.6) is 0 Å². The summed E-state index contributed by atoms with van der Waals surface area (Å²) in [7, 11) is 3.97. The molecular formula is C19H22N2O. The largest absolute Gasteiger partial charge is 0.389 e.